The van der Waals surface area contributed by atoms with Gasteiger partial charge in [0.1, 0.15) is 0 Å². The normalized spacial score (nSPS) is 11.1. The number of sulfonamides is 1. The van der Waals surface area contributed by atoms with Crippen LogP contribution in [0.3, 0.4) is 0 Å². The zero-order chi connectivity index (χ0) is 14.5. The zero-order valence-corrected chi connectivity index (χ0v) is 11.6. The van der Waals surface area contributed by atoms with Gasteiger partial charge in [0.05, 0.1) is 29.8 Å². The number of carbonyl (C=O) groups excluding carboxylic acids is 1. The monoisotopic (exact) mass is 287 g/mol. The third-order valence-corrected chi connectivity index (χ3v) is 3.87. The second-order valence-electron chi connectivity index (χ2n) is 3.71. The number of hydrogen-bond donors (Lipinski definition) is 3. The molecule has 0 saturated heterocycles. The summed E-state index contributed by atoms with van der Waals surface area (Å²) in [6, 6.07) is 4.84. The van der Waals surface area contributed by atoms with E-state index in [1.165, 1.54) is 20.2 Å². The van der Waals surface area contributed by atoms with E-state index in [1.54, 1.807) is 12.1 Å². The highest BCUT2D eigenvalue weighted by Gasteiger charge is 2.13. The van der Waals surface area contributed by atoms with E-state index in [9.17, 15) is 13.2 Å². The highest BCUT2D eigenvalue weighted by Crippen LogP contribution is 2.23. The second-order valence-corrected chi connectivity index (χ2v) is 5.75. The Morgan fingerprint density at radius 1 is 1.42 bits per heavy atom. The molecule has 106 valence electrons. The summed E-state index contributed by atoms with van der Waals surface area (Å²) >= 11 is 0. The molecule has 1 aromatic rings. The van der Waals surface area contributed by atoms with Crippen LogP contribution in [0.2, 0.25) is 0 Å². The van der Waals surface area contributed by atoms with Crippen LogP contribution in [0.1, 0.15) is 10.4 Å². The Bertz CT molecular complexity index is 557. The Morgan fingerprint density at radius 3 is 2.68 bits per heavy atom. The van der Waals surface area contributed by atoms with Crippen LogP contribution in [-0.2, 0) is 14.8 Å². The highest BCUT2D eigenvalue weighted by molar-refractivity contribution is 7.89. The molecular weight excluding hydrogens is 270 g/mol. The van der Waals surface area contributed by atoms with Crippen LogP contribution >= 0.6 is 0 Å². The van der Waals surface area contributed by atoms with Gasteiger partial charge in [0.25, 0.3) is 0 Å². The van der Waals surface area contributed by atoms with Crippen molar-refractivity contribution in [2.24, 2.45) is 0 Å². The summed E-state index contributed by atoms with van der Waals surface area (Å²) in [6.45, 7) is 0.179. The molecule has 0 heterocycles. The first-order chi connectivity index (χ1) is 8.91. The van der Waals surface area contributed by atoms with Crippen molar-refractivity contribution in [1.82, 2.24) is 4.72 Å². The van der Waals surface area contributed by atoms with Crippen LogP contribution < -0.4 is 15.8 Å². The van der Waals surface area contributed by atoms with Gasteiger partial charge in [-0.2, -0.15) is 0 Å². The fraction of sp³-hybridized carbons (Fsp3) is 0.364. The maximum Gasteiger partial charge on any atom is 0.340 e. The topological polar surface area (TPSA) is 111 Å². The van der Waals surface area contributed by atoms with Gasteiger partial charge >= 0.3 is 5.97 Å². The van der Waals surface area contributed by atoms with Crippen molar-refractivity contribution in [1.29, 1.82) is 0 Å². The number of anilines is 2. The fourth-order valence-corrected chi connectivity index (χ4v) is 2.00. The molecule has 0 radical (unpaired) electrons. The Balaban J connectivity index is 2.78. The van der Waals surface area contributed by atoms with Gasteiger partial charge in [-0.3, -0.25) is 0 Å². The number of para-hydroxylation sites is 1. The molecule has 0 amide bonds. The van der Waals surface area contributed by atoms with Crippen LogP contribution in [0.4, 0.5) is 11.4 Å². The number of hydrogen-bond acceptors (Lipinski definition) is 6. The summed E-state index contributed by atoms with van der Waals surface area (Å²) < 4.78 is 29.3. The zero-order valence-electron chi connectivity index (χ0n) is 10.8. The van der Waals surface area contributed by atoms with Gasteiger partial charge in [-0.05, 0) is 19.2 Å². The van der Waals surface area contributed by atoms with Crippen molar-refractivity contribution >= 4 is 27.4 Å². The minimum absolute atomic E-state index is 0.0919. The van der Waals surface area contributed by atoms with Gasteiger partial charge in [-0.25, -0.2) is 17.9 Å². The first-order valence-electron chi connectivity index (χ1n) is 5.53. The largest absolute Gasteiger partial charge is 0.465 e. The van der Waals surface area contributed by atoms with E-state index in [4.69, 9.17) is 5.73 Å². The van der Waals surface area contributed by atoms with Gasteiger partial charge in [-0.1, -0.05) is 6.07 Å². The molecular formula is C11H17N3O4S. The first-order valence-corrected chi connectivity index (χ1v) is 7.18. The summed E-state index contributed by atoms with van der Waals surface area (Å²) in [5.74, 6) is -0.630. The average Bonchev–Trinajstić information content (AvgIpc) is 2.40. The molecule has 0 atom stereocenters. The van der Waals surface area contributed by atoms with Gasteiger partial charge in [0.15, 0.2) is 0 Å². The lowest BCUT2D eigenvalue weighted by Gasteiger charge is -2.11. The van der Waals surface area contributed by atoms with Crippen LogP contribution in [0.15, 0.2) is 18.2 Å². The van der Waals surface area contributed by atoms with Crippen molar-refractivity contribution in [3.63, 3.8) is 0 Å². The van der Waals surface area contributed by atoms with Crippen molar-refractivity contribution in [3.8, 4) is 0 Å². The highest BCUT2D eigenvalue weighted by atomic mass is 32.2. The van der Waals surface area contributed by atoms with Gasteiger partial charge in [0.2, 0.25) is 10.0 Å². The van der Waals surface area contributed by atoms with Crippen LogP contribution in [0, 0.1) is 0 Å². The van der Waals surface area contributed by atoms with Crippen LogP contribution in [0.5, 0.6) is 0 Å². The number of nitrogens with two attached hydrogens (primary N) is 1. The number of methoxy groups -OCH3 is 1. The third kappa shape index (κ3) is 4.11. The summed E-state index contributed by atoms with van der Waals surface area (Å²) in [5, 5.41) is 2.87. The van der Waals surface area contributed by atoms with E-state index >= 15 is 0 Å². The maximum absolute atomic E-state index is 11.4. The molecule has 0 bridgehead atoms. The minimum Gasteiger partial charge on any atom is -0.465 e. The molecule has 4 N–H and O–H groups in total. The summed E-state index contributed by atoms with van der Waals surface area (Å²) in [5.41, 5.74) is 6.78. The van der Waals surface area contributed by atoms with Crippen LogP contribution in [0.25, 0.3) is 0 Å². The lowest BCUT2D eigenvalue weighted by Crippen LogP contribution is -2.26. The molecule has 0 aliphatic rings. The van der Waals surface area contributed by atoms with E-state index in [1.807, 2.05) is 0 Å². The van der Waals surface area contributed by atoms with Crippen molar-refractivity contribution in [3.05, 3.63) is 23.8 Å². The van der Waals surface area contributed by atoms with Gasteiger partial charge in [-0.15, -0.1) is 0 Å². The molecule has 1 rings (SSSR count). The van der Waals surface area contributed by atoms with E-state index in [-0.39, 0.29) is 23.5 Å². The lowest BCUT2D eigenvalue weighted by atomic mass is 10.1. The SMILES string of the molecule is CNS(=O)(=O)CCNc1cccc(C(=O)OC)c1N. The summed E-state index contributed by atoms with van der Waals surface area (Å²) in [7, 11) is -0.665. The Morgan fingerprint density at radius 2 is 2.11 bits per heavy atom. The molecule has 0 unspecified atom stereocenters. The van der Waals surface area contributed by atoms with Crippen molar-refractivity contribution in [2.45, 2.75) is 0 Å². The number of benzene rings is 1. The molecule has 8 heteroatoms. The molecule has 19 heavy (non-hydrogen) atoms. The number of carbonyl (C=O) groups is 1. The molecule has 0 spiro atoms. The standard InChI is InChI=1S/C11H17N3O4S/c1-13-19(16,17)7-6-14-9-5-3-4-8(10(9)12)11(15)18-2/h3-5,13-14H,6-7,12H2,1-2H3. The van der Waals surface area contributed by atoms with Crippen LogP contribution in [-0.4, -0.2) is 40.8 Å². The second kappa shape index (κ2) is 6.39. The smallest absolute Gasteiger partial charge is 0.340 e. The fourth-order valence-electron chi connectivity index (χ4n) is 1.43. The number of nitrogens with one attached hydrogen (secondary N) is 2. The molecule has 1 aromatic carbocycles. The number of rotatable bonds is 6. The summed E-state index contributed by atoms with van der Waals surface area (Å²) in [4.78, 5) is 11.4. The van der Waals surface area contributed by atoms with E-state index in [2.05, 4.69) is 14.8 Å². The van der Waals surface area contributed by atoms with Crippen molar-refractivity contribution < 1.29 is 17.9 Å². The molecule has 0 aromatic heterocycles. The number of nitrogen functional groups attached to an aromatic ring is 1. The number of esters is 1. The molecule has 0 aliphatic heterocycles. The Hall–Kier alpha value is -1.80. The van der Waals surface area contributed by atoms with E-state index in [0.29, 0.717) is 5.69 Å². The lowest BCUT2D eigenvalue weighted by molar-refractivity contribution is 0.0602. The molecule has 0 fully saturated rings. The molecule has 0 aliphatic carbocycles. The average molecular weight is 287 g/mol. The van der Waals surface area contributed by atoms with E-state index < -0.39 is 16.0 Å². The molecule has 7 nitrogen and oxygen atoms in total. The predicted octanol–water partition coefficient (Wildman–Crippen LogP) is 0.0165. The van der Waals surface area contributed by atoms with E-state index in [0.717, 1.165) is 0 Å². The van der Waals surface area contributed by atoms with Gasteiger partial charge < -0.3 is 15.8 Å². The minimum atomic E-state index is -3.28. The first kappa shape index (κ1) is 15.3. The predicted molar refractivity (Wildman–Crippen MR) is 73.5 cm³/mol. The third-order valence-electron chi connectivity index (χ3n) is 2.51. The quantitative estimate of drug-likeness (QED) is 0.502. The Labute approximate surface area is 112 Å². The number of ether oxygens (including phenoxy) is 1. The van der Waals surface area contributed by atoms with Crippen molar-refractivity contribution in [2.75, 3.05) is 37.5 Å². The summed E-state index contributed by atoms with van der Waals surface area (Å²) in [6.07, 6.45) is 0. The van der Waals surface area contributed by atoms with Gasteiger partial charge in [0, 0.05) is 6.54 Å². The maximum atomic E-state index is 11.4. The Kier molecular flexibility index (Phi) is 5.13. The molecule has 0 saturated carbocycles.